The molecule has 0 heterocycles. The zero-order chi connectivity index (χ0) is 14.8. The van der Waals surface area contributed by atoms with Crippen LogP contribution in [-0.4, -0.2) is 17.3 Å². The van der Waals surface area contributed by atoms with Crippen LogP contribution >= 0.6 is 0 Å². The van der Waals surface area contributed by atoms with Gasteiger partial charge in [0.15, 0.2) is 5.60 Å². The third-order valence-electron chi connectivity index (χ3n) is 2.53. The number of hydrogen-bond donors (Lipinski definition) is 1. The van der Waals surface area contributed by atoms with Gasteiger partial charge in [-0.3, -0.25) is 0 Å². The van der Waals surface area contributed by atoms with Crippen LogP contribution in [0, 0.1) is 0 Å². The minimum Gasteiger partial charge on any atom is -0.423 e. The number of aliphatic hydroxyl groups is 1. The van der Waals surface area contributed by atoms with Gasteiger partial charge >= 0.3 is 12.1 Å². The highest BCUT2D eigenvalue weighted by Crippen LogP contribution is 2.38. The number of alkyl halides is 3. The first-order valence-electron chi connectivity index (χ1n) is 5.33. The lowest BCUT2D eigenvalue weighted by molar-refractivity contribution is -0.258. The Kier molecular flexibility index (Phi) is 4.05. The highest BCUT2D eigenvalue weighted by atomic mass is 19.4. The second kappa shape index (κ2) is 5.05. The second-order valence-electron chi connectivity index (χ2n) is 4.26. The maximum absolute atomic E-state index is 12.6. The van der Waals surface area contributed by atoms with Crippen molar-refractivity contribution in [3.05, 3.63) is 42.0 Å². The Labute approximate surface area is 108 Å². The summed E-state index contributed by atoms with van der Waals surface area (Å²) in [6.07, 6.45) is -4.79. The van der Waals surface area contributed by atoms with Gasteiger partial charge in [-0.1, -0.05) is 18.7 Å². The van der Waals surface area contributed by atoms with Crippen molar-refractivity contribution in [3.8, 4) is 5.75 Å². The molecule has 6 heteroatoms. The molecule has 1 rings (SSSR count). The molecule has 1 atom stereocenters. The molecule has 0 saturated heterocycles. The van der Waals surface area contributed by atoms with Crippen LogP contribution in [0.1, 0.15) is 19.4 Å². The zero-order valence-electron chi connectivity index (χ0n) is 10.4. The zero-order valence-corrected chi connectivity index (χ0v) is 10.4. The number of rotatable bonds is 3. The first-order chi connectivity index (χ1) is 8.55. The van der Waals surface area contributed by atoms with Gasteiger partial charge in [-0.15, -0.1) is 0 Å². The Morgan fingerprint density at radius 2 is 1.74 bits per heavy atom. The molecule has 1 unspecified atom stereocenters. The number of ether oxygens (including phenoxy) is 1. The molecular formula is C13H13F3O3. The van der Waals surface area contributed by atoms with Crippen molar-refractivity contribution in [2.75, 3.05) is 0 Å². The molecule has 0 amide bonds. The number of hydrogen-bond acceptors (Lipinski definition) is 3. The van der Waals surface area contributed by atoms with Crippen LogP contribution < -0.4 is 4.74 Å². The van der Waals surface area contributed by atoms with Crippen molar-refractivity contribution in [3.63, 3.8) is 0 Å². The number of benzene rings is 1. The first kappa shape index (κ1) is 15.2. The van der Waals surface area contributed by atoms with Gasteiger partial charge in [0.05, 0.1) is 0 Å². The summed E-state index contributed by atoms with van der Waals surface area (Å²) in [5.41, 5.74) is -3.12. The SMILES string of the molecule is C=C(C)C(=O)Oc1ccc(C(C)(O)C(F)(F)F)cc1. The van der Waals surface area contributed by atoms with Crippen molar-refractivity contribution in [1.29, 1.82) is 0 Å². The van der Waals surface area contributed by atoms with Crippen molar-refractivity contribution in [2.24, 2.45) is 0 Å². The Bertz CT molecular complexity index is 487. The van der Waals surface area contributed by atoms with E-state index in [1.54, 1.807) is 0 Å². The van der Waals surface area contributed by atoms with Gasteiger partial charge < -0.3 is 9.84 Å². The number of carbonyl (C=O) groups is 1. The second-order valence-corrected chi connectivity index (χ2v) is 4.26. The predicted octanol–water partition coefficient (Wildman–Crippen LogP) is 2.94. The number of carbonyl (C=O) groups excluding carboxylic acids is 1. The van der Waals surface area contributed by atoms with Crippen LogP contribution in [0.25, 0.3) is 0 Å². The molecule has 0 aromatic heterocycles. The minimum atomic E-state index is -4.79. The number of halogens is 3. The number of esters is 1. The summed E-state index contributed by atoms with van der Waals surface area (Å²) < 4.78 is 42.6. The van der Waals surface area contributed by atoms with Crippen LogP contribution in [0.15, 0.2) is 36.4 Å². The summed E-state index contributed by atoms with van der Waals surface area (Å²) in [4.78, 5) is 11.2. The summed E-state index contributed by atoms with van der Waals surface area (Å²) in [6, 6.07) is 4.45. The molecule has 3 nitrogen and oxygen atoms in total. The lowest BCUT2D eigenvalue weighted by Crippen LogP contribution is -2.39. The molecule has 19 heavy (non-hydrogen) atoms. The monoisotopic (exact) mass is 274 g/mol. The Morgan fingerprint density at radius 1 is 1.26 bits per heavy atom. The van der Waals surface area contributed by atoms with Crippen molar-refractivity contribution in [2.45, 2.75) is 25.6 Å². The van der Waals surface area contributed by atoms with Gasteiger partial charge in [0.1, 0.15) is 5.75 Å². The topological polar surface area (TPSA) is 46.5 Å². The fraction of sp³-hybridized carbons (Fsp3) is 0.308. The molecule has 0 spiro atoms. The molecule has 0 aliphatic carbocycles. The van der Waals surface area contributed by atoms with Crippen LogP contribution in [-0.2, 0) is 10.4 Å². The quantitative estimate of drug-likeness (QED) is 0.523. The van der Waals surface area contributed by atoms with Crippen LogP contribution in [0.4, 0.5) is 13.2 Å². The van der Waals surface area contributed by atoms with E-state index in [9.17, 15) is 23.1 Å². The van der Waals surface area contributed by atoms with E-state index in [2.05, 4.69) is 6.58 Å². The normalized spacial score (nSPS) is 14.6. The summed E-state index contributed by atoms with van der Waals surface area (Å²) in [6.45, 7) is 5.48. The fourth-order valence-electron chi connectivity index (χ4n) is 1.21. The Balaban J connectivity index is 2.94. The van der Waals surface area contributed by atoms with E-state index in [1.807, 2.05) is 0 Å². The molecule has 0 aliphatic heterocycles. The summed E-state index contributed by atoms with van der Waals surface area (Å²) >= 11 is 0. The first-order valence-corrected chi connectivity index (χ1v) is 5.33. The Morgan fingerprint density at radius 3 is 2.11 bits per heavy atom. The van der Waals surface area contributed by atoms with Crippen molar-refractivity contribution >= 4 is 5.97 Å². The van der Waals surface area contributed by atoms with E-state index in [4.69, 9.17) is 4.74 Å². The molecule has 0 saturated carbocycles. The smallest absolute Gasteiger partial charge is 0.421 e. The van der Waals surface area contributed by atoms with Gasteiger partial charge in [0.2, 0.25) is 0 Å². The largest absolute Gasteiger partial charge is 0.423 e. The highest BCUT2D eigenvalue weighted by molar-refractivity contribution is 5.88. The maximum Gasteiger partial charge on any atom is 0.421 e. The summed E-state index contributed by atoms with van der Waals surface area (Å²) in [5, 5.41) is 9.44. The van der Waals surface area contributed by atoms with E-state index in [0.717, 1.165) is 12.1 Å². The fourth-order valence-corrected chi connectivity index (χ4v) is 1.21. The highest BCUT2D eigenvalue weighted by Gasteiger charge is 2.51. The standard InChI is InChI=1S/C13H13F3O3/c1-8(2)11(17)19-10-6-4-9(5-7-10)12(3,18)13(14,15)16/h4-7,18H,1H2,2-3H3. The third-order valence-corrected chi connectivity index (χ3v) is 2.53. The average molecular weight is 274 g/mol. The summed E-state index contributed by atoms with van der Waals surface area (Å²) in [7, 11) is 0. The molecule has 1 aromatic rings. The minimum absolute atomic E-state index is 0.0784. The molecular weight excluding hydrogens is 261 g/mol. The van der Waals surface area contributed by atoms with Gasteiger partial charge in [-0.25, -0.2) is 4.79 Å². The lowest BCUT2D eigenvalue weighted by Gasteiger charge is -2.26. The molecule has 104 valence electrons. The lowest BCUT2D eigenvalue weighted by atomic mass is 9.95. The molecule has 0 radical (unpaired) electrons. The predicted molar refractivity (Wildman–Crippen MR) is 62.5 cm³/mol. The molecule has 1 N–H and O–H groups in total. The van der Waals surface area contributed by atoms with E-state index in [0.29, 0.717) is 6.92 Å². The van der Waals surface area contributed by atoms with E-state index in [-0.39, 0.29) is 16.9 Å². The maximum atomic E-state index is 12.6. The molecule has 0 aliphatic rings. The third kappa shape index (κ3) is 3.35. The Hall–Kier alpha value is -1.82. The molecule has 0 bridgehead atoms. The van der Waals surface area contributed by atoms with E-state index >= 15 is 0 Å². The van der Waals surface area contributed by atoms with E-state index in [1.165, 1.54) is 19.1 Å². The van der Waals surface area contributed by atoms with Crippen molar-refractivity contribution < 1.29 is 27.8 Å². The van der Waals surface area contributed by atoms with Crippen LogP contribution in [0.3, 0.4) is 0 Å². The van der Waals surface area contributed by atoms with E-state index < -0.39 is 17.7 Å². The van der Waals surface area contributed by atoms with Gasteiger partial charge in [0.25, 0.3) is 0 Å². The van der Waals surface area contributed by atoms with Crippen LogP contribution in [0.2, 0.25) is 0 Å². The van der Waals surface area contributed by atoms with Gasteiger partial charge in [-0.2, -0.15) is 13.2 Å². The van der Waals surface area contributed by atoms with Crippen LogP contribution in [0.5, 0.6) is 5.75 Å². The molecule has 1 aromatic carbocycles. The van der Waals surface area contributed by atoms with Gasteiger partial charge in [0, 0.05) is 5.57 Å². The van der Waals surface area contributed by atoms with Gasteiger partial charge in [-0.05, 0) is 31.5 Å². The summed E-state index contributed by atoms with van der Waals surface area (Å²) in [5.74, 6) is -0.593. The molecule has 0 fully saturated rings. The van der Waals surface area contributed by atoms with Crippen molar-refractivity contribution in [1.82, 2.24) is 0 Å². The average Bonchev–Trinajstić information content (AvgIpc) is 2.28.